The van der Waals surface area contributed by atoms with Crippen LogP contribution in [0.3, 0.4) is 0 Å². The summed E-state index contributed by atoms with van der Waals surface area (Å²) in [5, 5.41) is 8.83. The van der Waals surface area contributed by atoms with Crippen LogP contribution in [0.2, 0.25) is 0 Å². The Morgan fingerprint density at radius 2 is 2.18 bits per heavy atom. The Kier molecular flexibility index (Phi) is 3.01. The van der Waals surface area contributed by atoms with Crippen molar-refractivity contribution in [1.82, 2.24) is 4.98 Å². The third-order valence-corrected chi connectivity index (χ3v) is 2.25. The van der Waals surface area contributed by atoms with Crippen molar-refractivity contribution in [1.29, 1.82) is 5.26 Å². The fourth-order valence-corrected chi connectivity index (χ4v) is 1.32. The van der Waals surface area contributed by atoms with Crippen molar-refractivity contribution in [2.45, 2.75) is 6.92 Å². The van der Waals surface area contributed by atoms with Crippen LogP contribution in [0.15, 0.2) is 36.5 Å². The summed E-state index contributed by atoms with van der Waals surface area (Å²) in [5.74, 6) is 0.320. The zero-order chi connectivity index (χ0) is 12.3. The van der Waals surface area contributed by atoms with E-state index in [0.717, 1.165) is 0 Å². The molecule has 0 spiro atoms. The fraction of sp³-hybridized carbons (Fsp3) is 0.0769. The lowest BCUT2D eigenvalue weighted by molar-refractivity contribution is 0.472. The van der Waals surface area contributed by atoms with Gasteiger partial charge in [0.05, 0.1) is 0 Å². The highest BCUT2D eigenvalue weighted by Gasteiger charge is 2.06. The molecule has 0 saturated carbocycles. The molecule has 2 aromatic rings. The molecule has 0 amide bonds. The van der Waals surface area contributed by atoms with Crippen LogP contribution in [-0.2, 0) is 0 Å². The van der Waals surface area contributed by atoms with Gasteiger partial charge >= 0.3 is 0 Å². The Morgan fingerprint density at radius 3 is 2.88 bits per heavy atom. The third kappa shape index (κ3) is 2.40. The molecule has 1 aromatic carbocycles. The summed E-state index contributed by atoms with van der Waals surface area (Å²) in [7, 11) is 0. The van der Waals surface area contributed by atoms with Crippen molar-refractivity contribution in [3.63, 3.8) is 0 Å². The molecule has 4 heteroatoms. The van der Waals surface area contributed by atoms with E-state index in [2.05, 4.69) is 4.98 Å². The molecule has 0 aliphatic heterocycles. The SMILES string of the molecule is Cc1ccc(Oc2cccnc2C#N)cc1F. The molecule has 0 atom stereocenters. The monoisotopic (exact) mass is 228 g/mol. The number of nitriles is 1. The third-order valence-electron chi connectivity index (χ3n) is 2.25. The fourth-order valence-electron chi connectivity index (χ4n) is 1.32. The molecule has 1 aromatic heterocycles. The van der Waals surface area contributed by atoms with Crippen LogP contribution in [0.25, 0.3) is 0 Å². The van der Waals surface area contributed by atoms with Crippen molar-refractivity contribution < 1.29 is 9.13 Å². The maximum absolute atomic E-state index is 13.3. The Bertz CT molecular complexity index is 590. The van der Waals surface area contributed by atoms with Gasteiger partial charge in [-0.05, 0) is 30.7 Å². The van der Waals surface area contributed by atoms with Crippen molar-refractivity contribution in [3.8, 4) is 17.6 Å². The van der Waals surface area contributed by atoms with Gasteiger partial charge in [-0.25, -0.2) is 9.37 Å². The minimum absolute atomic E-state index is 0.175. The van der Waals surface area contributed by atoms with E-state index in [1.807, 2.05) is 6.07 Å². The first-order valence-corrected chi connectivity index (χ1v) is 5.00. The second kappa shape index (κ2) is 4.62. The summed E-state index contributed by atoms with van der Waals surface area (Å²) in [4.78, 5) is 3.85. The Hall–Kier alpha value is -2.41. The zero-order valence-corrected chi connectivity index (χ0v) is 9.14. The Morgan fingerprint density at radius 1 is 1.35 bits per heavy atom. The van der Waals surface area contributed by atoms with Crippen molar-refractivity contribution >= 4 is 0 Å². The van der Waals surface area contributed by atoms with Gasteiger partial charge < -0.3 is 4.74 Å². The van der Waals surface area contributed by atoms with Gasteiger partial charge in [-0.3, -0.25) is 0 Å². The van der Waals surface area contributed by atoms with E-state index in [1.165, 1.54) is 12.3 Å². The van der Waals surface area contributed by atoms with Crippen LogP contribution in [-0.4, -0.2) is 4.98 Å². The molecule has 0 aliphatic rings. The lowest BCUT2D eigenvalue weighted by Crippen LogP contribution is -1.91. The highest BCUT2D eigenvalue weighted by Crippen LogP contribution is 2.24. The number of pyridine rings is 1. The normalized spacial score (nSPS) is 9.71. The first kappa shape index (κ1) is 11.1. The molecule has 0 unspecified atom stereocenters. The Labute approximate surface area is 98.1 Å². The molecular formula is C13H9FN2O. The summed E-state index contributed by atoms with van der Waals surface area (Å²) in [6, 6.07) is 9.72. The molecule has 2 rings (SSSR count). The summed E-state index contributed by atoms with van der Waals surface area (Å²) < 4.78 is 18.7. The van der Waals surface area contributed by atoms with Crippen LogP contribution in [0, 0.1) is 24.1 Å². The molecule has 84 valence electrons. The smallest absolute Gasteiger partial charge is 0.183 e. The van der Waals surface area contributed by atoms with Gasteiger partial charge in [0, 0.05) is 12.3 Å². The summed E-state index contributed by atoms with van der Waals surface area (Å²) >= 11 is 0. The number of rotatable bonds is 2. The predicted molar refractivity (Wildman–Crippen MR) is 60.2 cm³/mol. The highest BCUT2D eigenvalue weighted by molar-refractivity contribution is 5.40. The molecule has 0 aliphatic carbocycles. The van der Waals surface area contributed by atoms with E-state index in [0.29, 0.717) is 17.1 Å². The molecule has 0 N–H and O–H groups in total. The van der Waals surface area contributed by atoms with Gasteiger partial charge in [-0.1, -0.05) is 6.07 Å². The van der Waals surface area contributed by atoms with Gasteiger partial charge in [0.15, 0.2) is 11.4 Å². The second-order valence-corrected chi connectivity index (χ2v) is 3.48. The number of hydrogen-bond donors (Lipinski definition) is 0. The van der Waals surface area contributed by atoms with Crippen LogP contribution in [0.5, 0.6) is 11.5 Å². The minimum atomic E-state index is -0.343. The quantitative estimate of drug-likeness (QED) is 0.792. The highest BCUT2D eigenvalue weighted by atomic mass is 19.1. The zero-order valence-electron chi connectivity index (χ0n) is 9.14. The van der Waals surface area contributed by atoms with Crippen LogP contribution < -0.4 is 4.74 Å². The lowest BCUT2D eigenvalue weighted by Gasteiger charge is -2.07. The van der Waals surface area contributed by atoms with E-state index < -0.39 is 0 Å². The topological polar surface area (TPSA) is 45.9 Å². The number of halogens is 1. The number of ether oxygens (including phenoxy) is 1. The Balaban J connectivity index is 2.32. The molecule has 0 bridgehead atoms. The summed E-state index contributed by atoms with van der Waals surface area (Å²) in [6.07, 6.45) is 1.50. The molecule has 0 saturated heterocycles. The van der Waals surface area contributed by atoms with E-state index in [4.69, 9.17) is 10.00 Å². The second-order valence-electron chi connectivity index (χ2n) is 3.48. The molecule has 17 heavy (non-hydrogen) atoms. The predicted octanol–water partition coefficient (Wildman–Crippen LogP) is 3.19. The summed E-state index contributed by atoms with van der Waals surface area (Å²) in [6.45, 7) is 1.67. The van der Waals surface area contributed by atoms with Crippen LogP contribution >= 0.6 is 0 Å². The van der Waals surface area contributed by atoms with E-state index in [1.54, 1.807) is 31.2 Å². The van der Waals surface area contributed by atoms with Gasteiger partial charge in [0.2, 0.25) is 0 Å². The average molecular weight is 228 g/mol. The molecule has 1 heterocycles. The number of aromatic nitrogens is 1. The van der Waals surface area contributed by atoms with Crippen molar-refractivity contribution in [3.05, 3.63) is 53.6 Å². The molecule has 0 radical (unpaired) electrons. The lowest BCUT2D eigenvalue weighted by atomic mass is 10.2. The van der Waals surface area contributed by atoms with Crippen molar-refractivity contribution in [2.75, 3.05) is 0 Å². The first-order valence-electron chi connectivity index (χ1n) is 5.00. The minimum Gasteiger partial charge on any atom is -0.454 e. The van der Waals surface area contributed by atoms with Crippen LogP contribution in [0.4, 0.5) is 4.39 Å². The number of nitrogens with zero attached hydrogens (tertiary/aromatic N) is 2. The average Bonchev–Trinajstić information content (AvgIpc) is 2.34. The molecule has 0 fully saturated rings. The standard InChI is InChI=1S/C13H9FN2O/c1-9-4-5-10(7-11(9)14)17-13-3-2-6-16-12(13)8-15/h2-7H,1H3. The van der Waals surface area contributed by atoms with Gasteiger partial charge in [-0.15, -0.1) is 0 Å². The maximum atomic E-state index is 13.3. The maximum Gasteiger partial charge on any atom is 0.183 e. The van der Waals surface area contributed by atoms with Crippen LogP contribution in [0.1, 0.15) is 11.3 Å². The number of hydrogen-bond acceptors (Lipinski definition) is 3. The number of aryl methyl sites for hydroxylation is 1. The summed E-state index contributed by atoms with van der Waals surface area (Å²) in [5.41, 5.74) is 0.720. The van der Waals surface area contributed by atoms with Gasteiger partial charge in [0.25, 0.3) is 0 Å². The number of benzene rings is 1. The van der Waals surface area contributed by atoms with Gasteiger partial charge in [0.1, 0.15) is 17.6 Å². The van der Waals surface area contributed by atoms with E-state index in [9.17, 15) is 4.39 Å². The van der Waals surface area contributed by atoms with E-state index >= 15 is 0 Å². The molecular weight excluding hydrogens is 219 g/mol. The van der Waals surface area contributed by atoms with Gasteiger partial charge in [-0.2, -0.15) is 5.26 Å². The van der Waals surface area contributed by atoms with Crippen molar-refractivity contribution in [2.24, 2.45) is 0 Å². The first-order chi connectivity index (χ1) is 8.20. The van der Waals surface area contributed by atoms with E-state index in [-0.39, 0.29) is 11.5 Å². The molecule has 3 nitrogen and oxygen atoms in total. The largest absolute Gasteiger partial charge is 0.454 e.